The summed E-state index contributed by atoms with van der Waals surface area (Å²) in [5.74, 6) is -2.37. The van der Waals surface area contributed by atoms with Gasteiger partial charge in [0.25, 0.3) is 11.7 Å². The summed E-state index contributed by atoms with van der Waals surface area (Å²) in [4.78, 5) is 27.8. The normalized spacial score (nSPS) is 16.9. The highest BCUT2D eigenvalue weighted by Gasteiger charge is 2.47. The van der Waals surface area contributed by atoms with Crippen molar-refractivity contribution in [2.24, 2.45) is 0 Å². The van der Waals surface area contributed by atoms with Crippen LogP contribution in [-0.4, -0.2) is 35.6 Å². The molecule has 1 aliphatic rings. The maximum atomic E-state index is 13.9. The van der Waals surface area contributed by atoms with Gasteiger partial charge in [0.15, 0.2) is 11.5 Å². The molecule has 1 atom stereocenters. The third kappa shape index (κ3) is 4.35. The summed E-state index contributed by atoms with van der Waals surface area (Å²) in [5.41, 5.74) is 1.30. The van der Waals surface area contributed by atoms with Gasteiger partial charge in [-0.3, -0.25) is 14.5 Å². The van der Waals surface area contributed by atoms with E-state index < -0.39 is 23.5 Å². The van der Waals surface area contributed by atoms with Crippen LogP contribution in [0.3, 0.4) is 0 Å². The first-order valence-electron chi connectivity index (χ1n) is 11.0. The molecule has 3 aromatic rings. The van der Waals surface area contributed by atoms with Crippen LogP contribution in [0.1, 0.15) is 29.7 Å². The fraction of sp³-hybridized carbons (Fsp3) is 0.185. The molecule has 1 heterocycles. The van der Waals surface area contributed by atoms with Crippen molar-refractivity contribution in [1.82, 2.24) is 0 Å². The molecule has 0 saturated carbocycles. The van der Waals surface area contributed by atoms with Crippen LogP contribution in [-0.2, 0) is 9.59 Å². The van der Waals surface area contributed by atoms with E-state index in [0.717, 1.165) is 11.0 Å². The van der Waals surface area contributed by atoms with Crippen molar-refractivity contribution >= 4 is 34.7 Å². The average Bonchev–Trinajstić information content (AvgIpc) is 3.12. The molecule has 0 radical (unpaired) electrons. The van der Waals surface area contributed by atoms with Gasteiger partial charge in [-0.05, 0) is 73.5 Å². The number of Topliss-reactive ketones (excluding diaryl/α,β-unsaturated/α-hetero) is 1. The quantitative estimate of drug-likeness (QED) is 0.257. The zero-order valence-corrected chi connectivity index (χ0v) is 20.5. The van der Waals surface area contributed by atoms with E-state index in [2.05, 4.69) is 0 Å². The van der Waals surface area contributed by atoms with E-state index >= 15 is 0 Å². The van der Waals surface area contributed by atoms with Gasteiger partial charge >= 0.3 is 0 Å². The van der Waals surface area contributed by atoms with Gasteiger partial charge < -0.3 is 19.7 Å². The fourth-order valence-corrected chi connectivity index (χ4v) is 4.37. The molecule has 2 N–H and O–H groups in total. The molecule has 0 spiro atoms. The molecule has 1 unspecified atom stereocenters. The van der Waals surface area contributed by atoms with Gasteiger partial charge in [0.2, 0.25) is 0 Å². The van der Waals surface area contributed by atoms with Crippen molar-refractivity contribution in [2.45, 2.75) is 19.9 Å². The van der Waals surface area contributed by atoms with Crippen LogP contribution in [0.4, 0.5) is 10.1 Å². The van der Waals surface area contributed by atoms with Gasteiger partial charge in [0.1, 0.15) is 17.3 Å². The number of aliphatic hydroxyl groups is 1. The van der Waals surface area contributed by atoms with E-state index in [1.165, 1.54) is 37.4 Å². The van der Waals surface area contributed by atoms with E-state index in [9.17, 15) is 24.2 Å². The lowest BCUT2D eigenvalue weighted by Gasteiger charge is -2.26. The molecule has 0 bridgehead atoms. The highest BCUT2D eigenvalue weighted by atomic mass is 35.5. The molecule has 0 aliphatic carbocycles. The number of anilines is 1. The van der Waals surface area contributed by atoms with Gasteiger partial charge in [-0.2, -0.15) is 0 Å². The second-order valence-electron chi connectivity index (χ2n) is 8.11. The van der Waals surface area contributed by atoms with Crippen LogP contribution in [0.15, 0.2) is 60.2 Å². The number of hydrogen-bond donors (Lipinski definition) is 2. The number of aromatic hydroxyl groups is 1. The summed E-state index contributed by atoms with van der Waals surface area (Å²) in [5, 5.41) is 21.3. The minimum absolute atomic E-state index is 0.131. The number of carbonyl (C=O) groups excluding carboxylic acids is 2. The Hall–Kier alpha value is -4.04. The molecule has 7 nitrogen and oxygen atoms in total. The molecule has 186 valence electrons. The van der Waals surface area contributed by atoms with Gasteiger partial charge in [-0.15, -0.1) is 0 Å². The zero-order valence-electron chi connectivity index (χ0n) is 19.7. The first-order valence-corrected chi connectivity index (χ1v) is 11.4. The first-order chi connectivity index (χ1) is 17.2. The molecular weight excluding hydrogens is 489 g/mol. The van der Waals surface area contributed by atoms with Gasteiger partial charge in [0.05, 0.1) is 30.4 Å². The third-order valence-electron chi connectivity index (χ3n) is 5.91. The fourth-order valence-electron chi connectivity index (χ4n) is 4.19. The van der Waals surface area contributed by atoms with Crippen molar-refractivity contribution in [2.75, 3.05) is 18.6 Å². The van der Waals surface area contributed by atoms with Crippen LogP contribution in [0.5, 0.6) is 17.2 Å². The summed E-state index contributed by atoms with van der Waals surface area (Å²) in [6.45, 7) is 3.73. The molecule has 0 aromatic heterocycles. The molecule has 1 saturated heterocycles. The number of phenols is 1. The Balaban J connectivity index is 1.98. The Labute approximate surface area is 212 Å². The number of benzene rings is 3. The lowest BCUT2D eigenvalue weighted by Crippen LogP contribution is -2.29. The minimum atomic E-state index is -1.12. The van der Waals surface area contributed by atoms with Crippen LogP contribution < -0.4 is 14.4 Å². The number of rotatable bonds is 6. The maximum absolute atomic E-state index is 13.9. The largest absolute Gasteiger partial charge is 0.507 e. The first kappa shape index (κ1) is 25.1. The van der Waals surface area contributed by atoms with E-state index in [0.29, 0.717) is 22.4 Å². The number of nitrogens with zero attached hydrogens (tertiary/aromatic N) is 1. The number of ketones is 1. The molecule has 9 heteroatoms. The lowest BCUT2D eigenvalue weighted by molar-refractivity contribution is -0.132. The number of halogens is 2. The highest BCUT2D eigenvalue weighted by molar-refractivity contribution is 6.51. The number of carbonyl (C=O) groups is 2. The van der Waals surface area contributed by atoms with Crippen molar-refractivity contribution in [1.29, 1.82) is 0 Å². The van der Waals surface area contributed by atoms with Crippen molar-refractivity contribution in [3.63, 3.8) is 0 Å². The molecule has 3 aromatic carbocycles. The number of aryl methyl sites for hydroxylation is 1. The Morgan fingerprint density at radius 1 is 1.11 bits per heavy atom. The SMILES string of the molecule is CCOc1cc(C2/C(=C(\O)c3ccc(OC)cc3C)C(=O)C(=O)N2c2ccc(F)c(Cl)c2)ccc1O. The van der Waals surface area contributed by atoms with Crippen molar-refractivity contribution in [3.8, 4) is 17.2 Å². The second-order valence-corrected chi connectivity index (χ2v) is 8.52. The molecular formula is C27H23ClFNO6. The number of aliphatic hydroxyl groups excluding tert-OH is 1. The molecule has 1 aliphatic heterocycles. The summed E-state index contributed by atoms with van der Waals surface area (Å²) in [6.07, 6.45) is 0. The molecule has 1 amide bonds. The number of hydrogen-bond acceptors (Lipinski definition) is 6. The van der Waals surface area contributed by atoms with E-state index in [4.69, 9.17) is 21.1 Å². The monoisotopic (exact) mass is 511 g/mol. The molecule has 36 heavy (non-hydrogen) atoms. The number of ether oxygens (including phenoxy) is 2. The number of methoxy groups -OCH3 is 1. The third-order valence-corrected chi connectivity index (χ3v) is 6.20. The van der Waals surface area contributed by atoms with E-state index in [1.54, 1.807) is 32.0 Å². The number of amides is 1. The van der Waals surface area contributed by atoms with Gasteiger partial charge in [-0.25, -0.2) is 4.39 Å². The lowest BCUT2D eigenvalue weighted by atomic mass is 9.93. The Bertz CT molecular complexity index is 1400. The predicted molar refractivity (Wildman–Crippen MR) is 133 cm³/mol. The highest BCUT2D eigenvalue weighted by Crippen LogP contribution is 2.45. The summed E-state index contributed by atoms with van der Waals surface area (Å²) >= 11 is 5.98. The van der Waals surface area contributed by atoms with Crippen LogP contribution in [0.25, 0.3) is 5.76 Å². The van der Waals surface area contributed by atoms with Crippen LogP contribution in [0, 0.1) is 12.7 Å². The van der Waals surface area contributed by atoms with Gasteiger partial charge in [-0.1, -0.05) is 17.7 Å². The Morgan fingerprint density at radius 3 is 2.50 bits per heavy atom. The standard InChI is InChI=1S/C27H23ClFNO6/c1-4-36-22-12-15(5-10-21(22)31)24-23(25(32)18-8-7-17(35-3)11-14(18)2)26(33)27(34)30(24)16-6-9-20(29)19(28)13-16/h5-13,24,31-32H,4H2,1-3H3/b25-23+. The summed E-state index contributed by atoms with van der Waals surface area (Å²) in [6, 6.07) is 11.8. The van der Waals surface area contributed by atoms with Gasteiger partial charge in [0, 0.05) is 11.3 Å². The Kier molecular flexibility index (Phi) is 6.90. The van der Waals surface area contributed by atoms with Crippen molar-refractivity contribution in [3.05, 3.63) is 87.7 Å². The van der Waals surface area contributed by atoms with Crippen molar-refractivity contribution < 1.29 is 33.7 Å². The molecule has 4 rings (SSSR count). The average molecular weight is 512 g/mol. The number of phenolic OH excluding ortho intramolecular Hbond substituents is 1. The smallest absolute Gasteiger partial charge is 0.300 e. The predicted octanol–water partition coefficient (Wildman–Crippen LogP) is 5.53. The zero-order chi connectivity index (χ0) is 26.1. The van der Waals surface area contributed by atoms with Crippen LogP contribution in [0.2, 0.25) is 5.02 Å². The maximum Gasteiger partial charge on any atom is 0.300 e. The molecule has 1 fully saturated rings. The summed E-state index contributed by atoms with van der Waals surface area (Å²) < 4.78 is 24.6. The second kappa shape index (κ2) is 9.91. The van der Waals surface area contributed by atoms with E-state index in [1.807, 2.05) is 0 Å². The topological polar surface area (TPSA) is 96.3 Å². The summed E-state index contributed by atoms with van der Waals surface area (Å²) in [7, 11) is 1.51. The van der Waals surface area contributed by atoms with E-state index in [-0.39, 0.29) is 40.1 Å². The van der Waals surface area contributed by atoms with Crippen LogP contribution >= 0.6 is 11.6 Å². The Morgan fingerprint density at radius 2 is 1.86 bits per heavy atom. The minimum Gasteiger partial charge on any atom is -0.507 e.